The number of rotatable bonds is 8. The summed E-state index contributed by atoms with van der Waals surface area (Å²) in [6.45, 7) is 9.73. The van der Waals surface area contributed by atoms with Crippen LogP contribution in [-0.4, -0.2) is 46.2 Å². The van der Waals surface area contributed by atoms with Crippen LogP contribution in [0.2, 0.25) is 0 Å². The number of carbonyl (C=O) groups excluding carboxylic acids is 2. The minimum Gasteiger partial charge on any atom is -0.486 e. The van der Waals surface area contributed by atoms with Gasteiger partial charge in [-0.2, -0.15) is 0 Å². The van der Waals surface area contributed by atoms with Crippen LogP contribution in [0.3, 0.4) is 0 Å². The summed E-state index contributed by atoms with van der Waals surface area (Å²) in [6.07, 6.45) is 0.725. The van der Waals surface area contributed by atoms with Gasteiger partial charge in [0.05, 0.1) is 6.04 Å². The molecular weight excluding hydrogens is 477 g/mol. The van der Waals surface area contributed by atoms with Crippen molar-refractivity contribution in [3.63, 3.8) is 0 Å². The zero-order valence-corrected chi connectivity index (χ0v) is 22.0. The van der Waals surface area contributed by atoms with Crippen LogP contribution in [0.25, 0.3) is 0 Å². The largest absolute Gasteiger partial charge is 0.486 e. The molecule has 0 N–H and O–H groups in total. The van der Waals surface area contributed by atoms with Crippen LogP contribution in [-0.2, 0) is 17.8 Å². The van der Waals surface area contributed by atoms with Crippen LogP contribution >= 0.6 is 11.3 Å². The molecule has 0 saturated carbocycles. The number of thiazole rings is 1. The highest BCUT2D eigenvalue weighted by Crippen LogP contribution is 2.38. The van der Waals surface area contributed by atoms with E-state index in [-0.39, 0.29) is 36.2 Å². The van der Waals surface area contributed by atoms with Gasteiger partial charge in [-0.1, -0.05) is 32.0 Å². The summed E-state index contributed by atoms with van der Waals surface area (Å²) < 4.78 is 20.2. The Bertz CT molecular complexity index is 1240. The second kappa shape index (κ2) is 11.2. The third-order valence-electron chi connectivity index (χ3n) is 6.47. The molecule has 4 rings (SSSR count). The predicted molar refractivity (Wildman–Crippen MR) is 139 cm³/mol. The molecule has 1 aliphatic rings. The number of hydrogen-bond donors (Lipinski definition) is 0. The van der Waals surface area contributed by atoms with Gasteiger partial charge >= 0.3 is 0 Å². The maximum atomic E-state index is 14.2. The molecule has 36 heavy (non-hydrogen) atoms. The second-order valence-electron chi connectivity index (χ2n) is 9.15. The van der Waals surface area contributed by atoms with E-state index in [1.165, 1.54) is 23.5 Å². The molecule has 0 spiro atoms. The van der Waals surface area contributed by atoms with Gasteiger partial charge in [-0.05, 0) is 61.2 Å². The van der Waals surface area contributed by atoms with E-state index < -0.39 is 0 Å². The van der Waals surface area contributed by atoms with Crippen molar-refractivity contribution in [2.45, 2.75) is 46.8 Å². The minimum atomic E-state index is -0.388. The van der Waals surface area contributed by atoms with Crippen LogP contribution in [0, 0.1) is 11.7 Å². The second-order valence-corrected chi connectivity index (χ2v) is 10.1. The summed E-state index contributed by atoms with van der Waals surface area (Å²) in [6, 6.07) is 11.9. The van der Waals surface area contributed by atoms with E-state index in [2.05, 4.69) is 4.98 Å². The molecule has 0 fully saturated rings. The average molecular weight is 510 g/mol. The van der Waals surface area contributed by atoms with Gasteiger partial charge in [-0.15, -0.1) is 11.3 Å². The highest BCUT2D eigenvalue weighted by molar-refractivity contribution is 7.09. The van der Waals surface area contributed by atoms with Crippen LogP contribution in [0.1, 0.15) is 65.9 Å². The average Bonchev–Trinajstić information content (AvgIpc) is 3.36. The van der Waals surface area contributed by atoms with Gasteiger partial charge in [0.25, 0.3) is 5.91 Å². The molecule has 1 aliphatic heterocycles. The molecule has 0 unspecified atom stereocenters. The quantitative estimate of drug-likeness (QED) is 0.404. The number of nitrogens with zero attached hydrogens (tertiary/aromatic N) is 3. The predicted octanol–water partition coefficient (Wildman–Crippen LogP) is 5.47. The minimum absolute atomic E-state index is 0.0365. The number of carbonyl (C=O) groups is 2. The summed E-state index contributed by atoms with van der Waals surface area (Å²) in [7, 11) is 0. The van der Waals surface area contributed by atoms with Crippen molar-refractivity contribution < 1.29 is 18.7 Å². The molecule has 190 valence electrons. The van der Waals surface area contributed by atoms with Gasteiger partial charge in [0.1, 0.15) is 28.9 Å². The van der Waals surface area contributed by atoms with E-state index in [9.17, 15) is 14.0 Å². The molecule has 8 heteroatoms. The fourth-order valence-corrected chi connectivity index (χ4v) is 5.26. The molecule has 0 aliphatic carbocycles. The first kappa shape index (κ1) is 25.8. The summed E-state index contributed by atoms with van der Waals surface area (Å²) in [5, 5.41) is 2.48. The monoisotopic (exact) mass is 509 g/mol. The van der Waals surface area contributed by atoms with E-state index in [0.717, 1.165) is 23.1 Å². The Morgan fingerprint density at radius 3 is 2.67 bits per heavy atom. The van der Waals surface area contributed by atoms with Crippen LogP contribution < -0.4 is 4.74 Å². The van der Waals surface area contributed by atoms with Crippen molar-refractivity contribution in [3.8, 4) is 5.75 Å². The van der Waals surface area contributed by atoms with Gasteiger partial charge < -0.3 is 14.5 Å². The maximum absolute atomic E-state index is 14.2. The topological polar surface area (TPSA) is 62.7 Å². The third-order valence-corrected chi connectivity index (χ3v) is 7.29. The number of amides is 2. The van der Waals surface area contributed by atoms with Crippen molar-refractivity contribution in [2.24, 2.45) is 5.92 Å². The highest BCUT2D eigenvalue weighted by atomic mass is 32.1. The normalized spacial score (nSPS) is 15.1. The zero-order valence-electron chi connectivity index (χ0n) is 21.2. The zero-order chi connectivity index (χ0) is 25.8. The highest BCUT2D eigenvalue weighted by Gasteiger charge is 2.33. The van der Waals surface area contributed by atoms with Crippen molar-refractivity contribution in [1.29, 1.82) is 0 Å². The first-order chi connectivity index (χ1) is 17.3. The lowest BCUT2D eigenvalue weighted by Crippen LogP contribution is -2.42. The molecular formula is C28H32FN3O3S. The molecule has 1 atom stereocenters. The Kier molecular flexibility index (Phi) is 8.04. The van der Waals surface area contributed by atoms with Crippen LogP contribution in [0.15, 0.2) is 47.8 Å². The molecule has 2 amide bonds. The van der Waals surface area contributed by atoms with Crippen LogP contribution in [0.4, 0.5) is 4.39 Å². The summed E-state index contributed by atoms with van der Waals surface area (Å²) in [5.74, 6) is 0.0994. The van der Waals surface area contributed by atoms with Gasteiger partial charge in [0.15, 0.2) is 0 Å². The Hall–Kier alpha value is -3.26. The Morgan fingerprint density at radius 2 is 1.97 bits per heavy atom. The summed E-state index contributed by atoms with van der Waals surface area (Å²) in [4.78, 5) is 33.7. The lowest BCUT2D eigenvalue weighted by molar-refractivity contribution is -0.136. The number of fused-ring (bicyclic) bond motifs is 1. The fraction of sp³-hybridized carbons (Fsp3) is 0.393. The summed E-state index contributed by atoms with van der Waals surface area (Å²) >= 11 is 1.39. The molecule has 1 aromatic heterocycles. The van der Waals surface area contributed by atoms with E-state index in [1.807, 2.05) is 56.9 Å². The van der Waals surface area contributed by atoms with Crippen LogP contribution in [0.5, 0.6) is 5.75 Å². The van der Waals surface area contributed by atoms with Gasteiger partial charge in [-0.3, -0.25) is 9.59 Å². The lowest BCUT2D eigenvalue weighted by atomic mass is 9.87. The molecule has 3 aromatic rings. The summed E-state index contributed by atoms with van der Waals surface area (Å²) in [5.41, 5.74) is 3.23. The Labute approximate surface area is 215 Å². The van der Waals surface area contributed by atoms with Gasteiger partial charge in [0.2, 0.25) is 5.91 Å². The molecule has 0 radical (unpaired) electrons. The number of aromatic nitrogens is 1. The standard InChI is InChI=1S/C28H32FN3O3S/c1-5-31(6-2)28(34)24-17-36-25(30-24)16-35-22-11-10-19-12-13-32(27(33)18(3)4)26(23(19)15-22)20-8-7-9-21(29)14-20/h7-11,14-15,17-18,26H,5-6,12-13,16H2,1-4H3/t26-/m0/s1. The SMILES string of the molecule is CCN(CC)C(=O)c1csc(COc2ccc3c(c2)[C@H](c2cccc(F)c2)N(C(=O)C(C)C)CC3)n1. The number of benzene rings is 2. The first-order valence-corrected chi connectivity index (χ1v) is 13.3. The van der Waals surface area contributed by atoms with E-state index in [1.54, 1.807) is 16.3 Å². The van der Waals surface area contributed by atoms with E-state index >= 15 is 0 Å². The molecule has 2 aromatic carbocycles. The molecule has 2 heterocycles. The maximum Gasteiger partial charge on any atom is 0.273 e. The van der Waals surface area contributed by atoms with E-state index in [4.69, 9.17) is 4.74 Å². The lowest BCUT2D eigenvalue weighted by Gasteiger charge is -2.39. The van der Waals surface area contributed by atoms with Gasteiger partial charge in [0, 0.05) is 30.9 Å². The fourth-order valence-electron chi connectivity index (χ4n) is 4.58. The first-order valence-electron chi connectivity index (χ1n) is 12.4. The smallest absolute Gasteiger partial charge is 0.273 e. The number of hydrogen-bond acceptors (Lipinski definition) is 5. The number of ether oxygens (including phenoxy) is 1. The Balaban J connectivity index is 1.59. The van der Waals surface area contributed by atoms with Gasteiger partial charge in [-0.25, -0.2) is 9.37 Å². The number of halogens is 1. The molecule has 6 nitrogen and oxygen atoms in total. The molecule has 0 saturated heterocycles. The molecule has 0 bridgehead atoms. The van der Waals surface area contributed by atoms with Crippen molar-refractivity contribution >= 4 is 23.2 Å². The van der Waals surface area contributed by atoms with Crippen molar-refractivity contribution in [3.05, 3.63) is 81.1 Å². The van der Waals surface area contributed by atoms with E-state index in [0.29, 0.717) is 36.1 Å². The van der Waals surface area contributed by atoms with Crippen molar-refractivity contribution in [1.82, 2.24) is 14.8 Å². The third kappa shape index (κ3) is 5.43. The Morgan fingerprint density at radius 1 is 1.19 bits per heavy atom. The van der Waals surface area contributed by atoms with Crippen molar-refractivity contribution in [2.75, 3.05) is 19.6 Å².